The van der Waals surface area contributed by atoms with Crippen LogP contribution in [0.4, 0.5) is 5.69 Å². The highest BCUT2D eigenvalue weighted by Crippen LogP contribution is 2.28. The number of aromatic nitrogens is 1. The number of ketones is 2. The number of carbonyl (C=O) groups is 14. The van der Waals surface area contributed by atoms with Crippen molar-refractivity contribution in [3.8, 4) is 5.75 Å². The molecule has 16 N–H and O–H groups in total. The summed E-state index contributed by atoms with van der Waals surface area (Å²) in [6.07, 6.45) is -4.73. The van der Waals surface area contributed by atoms with Crippen LogP contribution in [0.5, 0.6) is 5.75 Å². The van der Waals surface area contributed by atoms with Crippen LogP contribution in [0.15, 0.2) is 47.5 Å². The summed E-state index contributed by atoms with van der Waals surface area (Å²) in [5.41, 5.74) is 0.708. The zero-order valence-electron chi connectivity index (χ0n) is 56.1. The Kier molecular flexibility index (Phi) is 28.4. The van der Waals surface area contributed by atoms with Crippen LogP contribution in [0.1, 0.15) is 112 Å². The summed E-state index contributed by atoms with van der Waals surface area (Å²) >= 11 is 0. The Morgan fingerprint density at radius 1 is 0.753 bits per heavy atom. The van der Waals surface area contributed by atoms with Crippen LogP contribution in [0.2, 0.25) is 0 Å². The number of benzene rings is 2. The van der Waals surface area contributed by atoms with E-state index in [1.165, 1.54) is 57.2 Å². The molecule has 2 fully saturated rings. The van der Waals surface area contributed by atoms with Crippen LogP contribution in [-0.4, -0.2) is 210 Å². The van der Waals surface area contributed by atoms with Crippen LogP contribution in [0.25, 0.3) is 10.9 Å². The topological polar surface area (TPSA) is 488 Å². The quantitative estimate of drug-likeness (QED) is 0.0453. The number of phenols is 1. The molecule has 33 heteroatoms. The van der Waals surface area contributed by atoms with Gasteiger partial charge in [-0.2, -0.15) is 0 Å². The molecule has 0 spiro atoms. The number of aromatic amines is 1. The van der Waals surface area contributed by atoms with Gasteiger partial charge in [-0.1, -0.05) is 73.9 Å². The van der Waals surface area contributed by atoms with E-state index in [0.29, 0.717) is 28.5 Å². The Morgan fingerprint density at radius 2 is 1.39 bits per heavy atom. The number of aliphatic hydroxyl groups is 3. The van der Waals surface area contributed by atoms with Crippen LogP contribution in [-0.2, 0) is 84.5 Å². The van der Waals surface area contributed by atoms with E-state index in [9.17, 15) is 87.0 Å². The Balaban J connectivity index is 1.44. The van der Waals surface area contributed by atoms with Gasteiger partial charge in [0.1, 0.15) is 64.9 Å². The molecule has 32 nitrogen and oxygen atoms in total. The van der Waals surface area contributed by atoms with Gasteiger partial charge in [0.2, 0.25) is 70.8 Å². The number of nitrogens with zero attached hydrogens (tertiary/aromatic N) is 1. The Hall–Kier alpha value is -9.21. The van der Waals surface area contributed by atoms with Crippen molar-refractivity contribution in [2.24, 2.45) is 23.2 Å². The number of anilines is 1. The van der Waals surface area contributed by atoms with Crippen molar-refractivity contribution in [1.29, 1.82) is 0 Å². The van der Waals surface area contributed by atoms with Gasteiger partial charge < -0.3 is 88.8 Å². The van der Waals surface area contributed by atoms with E-state index in [1.54, 1.807) is 61.5 Å². The van der Waals surface area contributed by atoms with Gasteiger partial charge >= 0.3 is 0 Å². The number of nitrogens with one attached hydrogen (secondary N) is 12. The van der Waals surface area contributed by atoms with E-state index in [2.05, 4.69) is 63.5 Å². The molecule has 0 bridgehead atoms. The van der Waals surface area contributed by atoms with Crippen LogP contribution < -0.4 is 58.5 Å². The summed E-state index contributed by atoms with van der Waals surface area (Å²) in [7, 11) is -2.23. The van der Waals surface area contributed by atoms with Crippen molar-refractivity contribution in [3.63, 3.8) is 0 Å². The molecular formula is C64H91N13O19S. The molecule has 2 aliphatic rings. The fourth-order valence-corrected chi connectivity index (χ4v) is 11.8. The number of phenolic OH excluding ortho intramolecular Hbond substituents is 1. The van der Waals surface area contributed by atoms with E-state index in [4.69, 9.17) is 0 Å². The molecule has 2 aromatic carbocycles. The molecule has 0 radical (unpaired) electrons. The molecule has 12 amide bonds. The second-order valence-corrected chi connectivity index (χ2v) is 27.2. The van der Waals surface area contributed by atoms with Gasteiger partial charge in [-0.05, 0) is 68.0 Å². The fraction of sp³-hybridized carbons (Fsp3) is 0.562. The molecular weight excluding hydrogens is 1290 g/mol. The largest absolute Gasteiger partial charge is 0.508 e. The second-order valence-electron chi connectivity index (χ2n) is 25.8. The third-order valence-corrected chi connectivity index (χ3v) is 18.2. The number of aliphatic hydroxyl groups excluding tert-OH is 3. The van der Waals surface area contributed by atoms with Crippen molar-refractivity contribution in [3.05, 3.63) is 53.6 Å². The van der Waals surface area contributed by atoms with Crippen molar-refractivity contribution < 1.29 is 91.8 Å². The van der Waals surface area contributed by atoms with E-state index in [-0.39, 0.29) is 41.6 Å². The molecule has 2 aliphatic heterocycles. The van der Waals surface area contributed by atoms with Crippen LogP contribution in [0, 0.1) is 30.1 Å². The smallest absolute Gasteiger partial charge is 0.288 e. The molecule has 0 saturated carbocycles. The Bertz CT molecular complexity index is 3480. The molecule has 13 atom stereocenters. The highest BCUT2D eigenvalue weighted by Gasteiger charge is 2.45. The highest BCUT2D eigenvalue weighted by atomic mass is 32.2. The summed E-state index contributed by atoms with van der Waals surface area (Å²) in [4.78, 5) is 195. The van der Waals surface area contributed by atoms with Gasteiger partial charge in [-0.15, -0.1) is 0 Å². The minimum Gasteiger partial charge on any atom is -0.508 e. The zero-order valence-corrected chi connectivity index (χ0v) is 56.9. The monoisotopic (exact) mass is 1380 g/mol. The first-order valence-corrected chi connectivity index (χ1v) is 33.1. The molecule has 97 heavy (non-hydrogen) atoms. The minimum absolute atomic E-state index is 0.0607. The van der Waals surface area contributed by atoms with Gasteiger partial charge in [0.05, 0.1) is 60.4 Å². The number of H-pyrrole nitrogens is 1. The molecule has 532 valence electrons. The summed E-state index contributed by atoms with van der Waals surface area (Å²) in [6, 6.07) is -2.21. The van der Waals surface area contributed by atoms with Gasteiger partial charge in [0.25, 0.3) is 5.91 Å². The lowest BCUT2D eigenvalue weighted by Gasteiger charge is -2.32. The fourth-order valence-electron chi connectivity index (χ4n) is 10.4. The lowest BCUT2D eigenvalue weighted by molar-refractivity contribution is -0.144. The molecule has 3 aromatic rings. The first kappa shape index (κ1) is 78.5. The lowest BCUT2D eigenvalue weighted by atomic mass is 9.88. The summed E-state index contributed by atoms with van der Waals surface area (Å²) in [5.74, 6) is -16.1. The molecule has 2 saturated heterocycles. The van der Waals surface area contributed by atoms with Crippen molar-refractivity contribution >= 4 is 110 Å². The third kappa shape index (κ3) is 22.2. The number of rotatable bonds is 22. The van der Waals surface area contributed by atoms with Gasteiger partial charge in [0, 0.05) is 60.8 Å². The first-order chi connectivity index (χ1) is 45.4. The SMILES string of the molecule is CC[C@H](C)[C@@H]1NC(=O)CNC(=O)[C@H](C)NC(=O)[C@H]([C@@H](C)[C@@H](O)CO)NC(=O)[C@@H]2C[C@@H](O)CN2C(=O)[C@H](CC(=O)NCc2ccc(NC(=O)[C@H](C)NC(=O)C(NC(=O)C(=O)CCC(=O)C(C)(C)C)C(C)C)cc2)NC(=O)[C@H](CS(=O)c2[nH]c3cc(O)ccc3c2C)NC(=O)CNC1=O. The first-order valence-electron chi connectivity index (χ1n) is 31.8. The summed E-state index contributed by atoms with van der Waals surface area (Å²) < 4.78 is 14.4. The Morgan fingerprint density at radius 3 is 2.01 bits per heavy atom. The number of Topliss-reactive ketones (excluding diaryl/α,β-unsaturated/α-hetero) is 2. The number of aromatic hydroxyl groups is 1. The zero-order chi connectivity index (χ0) is 72.5. The highest BCUT2D eigenvalue weighted by molar-refractivity contribution is 7.85. The van der Waals surface area contributed by atoms with Crippen molar-refractivity contribution in [1.82, 2.24) is 63.1 Å². The maximum Gasteiger partial charge on any atom is 0.288 e. The predicted octanol–water partition coefficient (Wildman–Crippen LogP) is -2.77. The van der Waals surface area contributed by atoms with Gasteiger partial charge in [-0.3, -0.25) is 71.3 Å². The predicted molar refractivity (Wildman–Crippen MR) is 350 cm³/mol. The molecule has 2 unspecified atom stereocenters. The average Bonchev–Trinajstić information content (AvgIpc) is 1.67. The Labute approximate surface area is 562 Å². The van der Waals surface area contributed by atoms with Gasteiger partial charge in [-0.25, -0.2) is 0 Å². The lowest BCUT2D eigenvalue weighted by Crippen LogP contribution is -2.61. The molecule has 0 aliphatic carbocycles. The minimum atomic E-state index is -2.23. The maximum atomic E-state index is 15.1. The maximum absolute atomic E-state index is 15.1. The van der Waals surface area contributed by atoms with E-state index in [1.807, 2.05) is 0 Å². The van der Waals surface area contributed by atoms with Crippen molar-refractivity contribution in [2.45, 2.75) is 180 Å². The number of fused-ring (bicyclic) bond motifs is 2. The molecule has 3 heterocycles. The number of hydrogen-bond acceptors (Lipinski definition) is 19. The number of amides is 12. The molecule has 5 rings (SSSR count). The number of carbonyl (C=O) groups excluding carboxylic acids is 14. The molecule has 1 aromatic heterocycles. The van der Waals surface area contributed by atoms with Gasteiger partial charge in [0.15, 0.2) is 0 Å². The van der Waals surface area contributed by atoms with E-state index in [0.717, 1.165) is 4.90 Å². The summed E-state index contributed by atoms with van der Waals surface area (Å²) in [6.45, 7) is 13.8. The van der Waals surface area contributed by atoms with E-state index < -0.39 is 216 Å². The summed E-state index contributed by atoms with van der Waals surface area (Å²) in [5, 5.41) is 69.7. The van der Waals surface area contributed by atoms with Crippen molar-refractivity contribution in [2.75, 3.05) is 37.3 Å². The number of aryl methyl sites for hydroxylation is 1. The second kappa shape index (κ2) is 35.2. The third-order valence-electron chi connectivity index (χ3n) is 16.7. The van der Waals surface area contributed by atoms with Crippen LogP contribution in [0.3, 0.4) is 0 Å². The average molecular weight is 1380 g/mol. The standard InChI is InChI=1S/C64H91N13O19S/c1-12-31(4)52-59(92)67-25-49(85)71-43(29-97(96)62-32(5)40-18-17-38(79)21-41(40)73-62)56(89)72-42(63(95)77-27-39(80)22-44(77)57(90)76-53(33(6)46(82)28-78)61(94)68-34(7)54(87)66-26-50(86)74-52)23-48(84)65-24-36-13-15-37(16-14-36)70-55(88)35(8)69-60(93)51(30(2)3)75-58(91)45(81)19-20-47(83)64(9,10)11/h13-18,21,30-31,33-35,39,42-44,46,51-53,73,78-80,82H,12,19-20,22-29H2,1-11H3,(H,65,84)(H,66,87)(H,67,92)(H,68,94)(H,69,93)(H,70,88)(H,71,85)(H,72,89)(H,74,86)(H,75,91)(H,76,90)/t31-,33-,34-,35-,39+,42-,43-,44-,46-,51?,52-,53-,97?/m0/s1. The van der Waals surface area contributed by atoms with Crippen LogP contribution >= 0.6 is 0 Å². The van der Waals surface area contributed by atoms with E-state index >= 15 is 4.79 Å². The number of hydrogen-bond donors (Lipinski definition) is 16. The normalized spacial score (nSPS) is 22.4.